The molecule has 1 N–H and O–H groups in total. The van der Waals surface area contributed by atoms with E-state index in [0.29, 0.717) is 10.0 Å². The third-order valence-corrected chi connectivity index (χ3v) is 5.24. The number of halogens is 1. The second kappa shape index (κ2) is 5.41. The minimum atomic E-state index is 0.356. The fourth-order valence-electron chi connectivity index (χ4n) is 3.29. The first-order valence-electron chi connectivity index (χ1n) is 6.72. The van der Waals surface area contributed by atoms with E-state index < -0.39 is 0 Å². The summed E-state index contributed by atoms with van der Waals surface area (Å²) in [7, 11) is 0. The van der Waals surface area contributed by atoms with Crippen LogP contribution in [0.4, 0.5) is 0 Å². The van der Waals surface area contributed by atoms with Crippen molar-refractivity contribution in [3.05, 3.63) is 9.47 Å². The topological polar surface area (TPSA) is 41.1 Å². The monoisotopic (exact) mass is 286 g/mol. The van der Waals surface area contributed by atoms with Crippen LogP contribution in [-0.4, -0.2) is 40.3 Å². The van der Waals surface area contributed by atoms with E-state index >= 15 is 0 Å². The maximum absolute atomic E-state index is 5.87. The van der Waals surface area contributed by atoms with E-state index in [-0.39, 0.29) is 0 Å². The average Bonchev–Trinajstić information content (AvgIpc) is 2.79. The molecule has 100 valence electrons. The Kier molecular flexibility index (Phi) is 3.84. The van der Waals surface area contributed by atoms with Crippen LogP contribution in [0.1, 0.15) is 37.1 Å². The molecule has 1 aliphatic carbocycles. The van der Waals surface area contributed by atoms with Gasteiger partial charge in [0.15, 0.2) is 0 Å². The van der Waals surface area contributed by atoms with Crippen LogP contribution in [0.25, 0.3) is 0 Å². The van der Waals surface area contributed by atoms with E-state index in [9.17, 15) is 0 Å². The maximum Gasteiger partial charge on any atom is 0.207 e. The first kappa shape index (κ1) is 12.8. The van der Waals surface area contributed by atoms with Crippen LogP contribution in [0.15, 0.2) is 0 Å². The zero-order valence-electron chi connectivity index (χ0n) is 10.5. The zero-order valence-corrected chi connectivity index (χ0v) is 12.1. The third-order valence-electron chi connectivity index (χ3n) is 4.24. The van der Waals surface area contributed by atoms with Gasteiger partial charge in [-0.05, 0) is 24.4 Å². The molecule has 0 bridgehead atoms. The lowest BCUT2D eigenvalue weighted by Gasteiger charge is -2.49. The number of nitrogens with zero attached hydrogens (tertiary/aromatic N) is 3. The molecule has 0 atom stereocenters. The molecule has 0 unspecified atom stereocenters. The van der Waals surface area contributed by atoms with Crippen molar-refractivity contribution in [2.45, 2.75) is 44.2 Å². The molecule has 1 aromatic heterocycles. The fraction of sp³-hybridized carbons (Fsp3) is 0.833. The Hall–Kier alpha value is -0.230. The molecule has 1 aliphatic heterocycles. The summed E-state index contributed by atoms with van der Waals surface area (Å²) in [5.41, 5.74) is 0.356. The summed E-state index contributed by atoms with van der Waals surface area (Å²) in [5.74, 6) is 0. The van der Waals surface area contributed by atoms with Gasteiger partial charge in [0, 0.05) is 25.2 Å². The predicted octanol–water partition coefficient (Wildman–Crippen LogP) is 2.30. The highest BCUT2D eigenvalue weighted by molar-refractivity contribution is 7.15. The molecular formula is C12H19ClN4S. The third kappa shape index (κ3) is 2.54. The molecule has 0 radical (unpaired) electrons. The maximum atomic E-state index is 5.87. The number of rotatable bonds is 2. The van der Waals surface area contributed by atoms with Crippen LogP contribution < -0.4 is 5.32 Å². The highest BCUT2D eigenvalue weighted by Crippen LogP contribution is 2.35. The van der Waals surface area contributed by atoms with Gasteiger partial charge in [-0.1, -0.05) is 30.6 Å². The van der Waals surface area contributed by atoms with Crippen molar-refractivity contribution in [3.8, 4) is 0 Å². The van der Waals surface area contributed by atoms with Gasteiger partial charge in [-0.2, -0.15) is 0 Å². The Morgan fingerprint density at radius 2 is 2.11 bits per heavy atom. The summed E-state index contributed by atoms with van der Waals surface area (Å²) in [4.78, 5) is 2.61. The minimum absolute atomic E-state index is 0.356. The lowest BCUT2D eigenvalue weighted by atomic mass is 9.79. The smallest absolute Gasteiger partial charge is 0.207 e. The molecule has 6 heteroatoms. The van der Waals surface area contributed by atoms with Crippen molar-refractivity contribution >= 4 is 22.9 Å². The van der Waals surface area contributed by atoms with E-state index in [0.717, 1.165) is 31.2 Å². The van der Waals surface area contributed by atoms with Crippen LogP contribution in [0.5, 0.6) is 0 Å². The molecule has 1 aromatic rings. The van der Waals surface area contributed by atoms with Crippen LogP contribution in [0.3, 0.4) is 0 Å². The number of piperazine rings is 1. The number of hydrogen-bond donors (Lipinski definition) is 1. The summed E-state index contributed by atoms with van der Waals surface area (Å²) in [6.07, 6.45) is 6.73. The molecule has 1 saturated carbocycles. The van der Waals surface area contributed by atoms with Gasteiger partial charge in [-0.15, -0.1) is 10.2 Å². The van der Waals surface area contributed by atoms with Gasteiger partial charge in [0.25, 0.3) is 0 Å². The molecular weight excluding hydrogens is 268 g/mol. The fourth-order valence-corrected chi connectivity index (χ4v) is 4.18. The molecule has 1 spiro atoms. The van der Waals surface area contributed by atoms with Crippen molar-refractivity contribution < 1.29 is 0 Å². The van der Waals surface area contributed by atoms with Crippen LogP contribution in [0.2, 0.25) is 4.47 Å². The summed E-state index contributed by atoms with van der Waals surface area (Å²) in [5, 5.41) is 12.7. The molecule has 0 amide bonds. The van der Waals surface area contributed by atoms with Gasteiger partial charge in [-0.25, -0.2) is 0 Å². The lowest BCUT2D eigenvalue weighted by Crippen LogP contribution is -2.61. The predicted molar refractivity (Wildman–Crippen MR) is 74.0 cm³/mol. The first-order chi connectivity index (χ1) is 8.78. The normalized spacial score (nSPS) is 24.5. The Labute approximate surface area is 117 Å². The molecule has 1 saturated heterocycles. The number of nitrogens with one attached hydrogen (secondary N) is 1. The molecule has 2 aliphatic rings. The lowest BCUT2D eigenvalue weighted by molar-refractivity contribution is 0.0207. The van der Waals surface area contributed by atoms with Crippen LogP contribution in [0, 0.1) is 0 Å². The Morgan fingerprint density at radius 3 is 2.83 bits per heavy atom. The largest absolute Gasteiger partial charge is 0.314 e. The van der Waals surface area contributed by atoms with Crippen molar-refractivity contribution in [2.24, 2.45) is 0 Å². The SMILES string of the molecule is Clc1nnc(CN2CCNCC23CCCCC3)s1. The Balaban J connectivity index is 1.75. The molecule has 4 nitrogen and oxygen atoms in total. The summed E-state index contributed by atoms with van der Waals surface area (Å²) in [6.45, 7) is 4.22. The van der Waals surface area contributed by atoms with Crippen molar-refractivity contribution in [1.82, 2.24) is 20.4 Å². The van der Waals surface area contributed by atoms with Gasteiger partial charge in [-0.3, -0.25) is 4.90 Å². The van der Waals surface area contributed by atoms with Gasteiger partial charge in [0.2, 0.25) is 4.47 Å². The minimum Gasteiger partial charge on any atom is -0.314 e. The van der Waals surface area contributed by atoms with Crippen LogP contribution in [-0.2, 0) is 6.54 Å². The first-order valence-corrected chi connectivity index (χ1v) is 7.92. The zero-order chi connectivity index (χ0) is 12.4. The summed E-state index contributed by atoms with van der Waals surface area (Å²) >= 11 is 7.38. The molecule has 2 heterocycles. The van der Waals surface area contributed by atoms with E-state index in [1.165, 1.54) is 43.4 Å². The average molecular weight is 287 g/mol. The van der Waals surface area contributed by atoms with Gasteiger partial charge < -0.3 is 5.32 Å². The molecule has 0 aromatic carbocycles. The molecule has 2 fully saturated rings. The molecule has 3 rings (SSSR count). The number of hydrogen-bond acceptors (Lipinski definition) is 5. The van der Waals surface area contributed by atoms with Crippen molar-refractivity contribution in [1.29, 1.82) is 0 Å². The number of aromatic nitrogens is 2. The summed E-state index contributed by atoms with van der Waals surface area (Å²) in [6, 6.07) is 0. The second-order valence-corrected chi connectivity index (χ2v) is 6.98. The quantitative estimate of drug-likeness (QED) is 0.906. The van der Waals surface area contributed by atoms with E-state index in [1.54, 1.807) is 0 Å². The van der Waals surface area contributed by atoms with Gasteiger partial charge >= 0.3 is 0 Å². The summed E-state index contributed by atoms with van der Waals surface area (Å²) < 4.78 is 0.554. The van der Waals surface area contributed by atoms with Gasteiger partial charge in [0.05, 0.1) is 6.54 Å². The van der Waals surface area contributed by atoms with Crippen molar-refractivity contribution in [2.75, 3.05) is 19.6 Å². The second-order valence-electron chi connectivity index (χ2n) is 5.33. The Bertz CT molecular complexity index is 394. The van der Waals surface area contributed by atoms with Gasteiger partial charge in [0.1, 0.15) is 5.01 Å². The Morgan fingerprint density at radius 1 is 1.28 bits per heavy atom. The molecule has 18 heavy (non-hydrogen) atoms. The standard InChI is InChI=1S/C12H19ClN4S/c13-11-16-15-10(18-11)8-17-7-6-14-9-12(17)4-2-1-3-5-12/h14H,1-9H2. The van der Waals surface area contributed by atoms with E-state index in [1.807, 2.05) is 0 Å². The van der Waals surface area contributed by atoms with Crippen molar-refractivity contribution in [3.63, 3.8) is 0 Å². The van der Waals surface area contributed by atoms with E-state index in [2.05, 4.69) is 20.4 Å². The van der Waals surface area contributed by atoms with E-state index in [4.69, 9.17) is 11.6 Å². The highest BCUT2D eigenvalue weighted by Gasteiger charge is 2.39. The van der Waals surface area contributed by atoms with Crippen LogP contribution >= 0.6 is 22.9 Å². The highest BCUT2D eigenvalue weighted by atomic mass is 35.5.